The molecule has 0 bridgehead atoms. The molecule has 0 spiro atoms. The molecular formula is C19H18ClN5O4S. The van der Waals surface area contributed by atoms with Crippen molar-refractivity contribution in [2.24, 2.45) is 0 Å². The number of aromatic nitrogens is 2. The van der Waals surface area contributed by atoms with Gasteiger partial charge in [0.15, 0.2) is 0 Å². The van der Waals surface area contributed by atoms with Crippen LogP contribution in [0.1, 0.15) is 14.8 Å². The van der Waals surface area contributed by atoms with Crippen molar-refractivity contribution in [1.82, 2.24) is 15.5 Å². The van der Waals surface area contributed by atoms with E-state index in [2.05, 4.69) is 26.1 Å². The normalized spacial score (nSPS) is 10.2. The molecular weight excluding hydrogens is 430 g/mol. The van der Waals surface area contributed by atoms with Crippen molar-refractivity contribution in [2.45, 2.75) is 6.54 Å². The number of ether oxygens (including phenoxy) is 2. The van der Waals surface area contributed by atoms with Gasteiger partial charge in [0, 0.05) is 11.8 Å². The Morgan fingerprint density at radius 1 is 1.03 bits per heavy atom. The minimum atomic E-state index is -0.500. The Balaban J connectivity index is 1.57. The van der Waals surface area contributed by atoms with Crippen LogP contribution in [-0.4, -0.2) is 36.4 Å². The number of para-hydroxylation sites is 1. The monoisotopic (exact) mass is 447 g/mol. The number of amides is 3. The van der Waals surface area contributed by atoms with E-state index in [0.717, 1.165) is 11.3 Å². The van der Waals surface area contributed by atoms with Gasteiger partial charge in [-0.3, -0.25) is 4.79 Å². The van der Waals surface area contributed by atoms with Gasteiger partial charge in [-0.05, 0) is 18.2 Å². The predicted molar refractivity (Wildman–Crippen MR) is 115 cm³/mol. The number of hydrogen-bond donors (Lipinski definition) is 3. The van der Waals surface area contributed by atoms with Gasteiger partial charge in [0.1, 0.15) is 16.5 Å². The lowest BCUT2D eigenvalue weighted by Gasteiger charge is -2.13. The van der Waals surface area contributed by atoms with Gasteiger partial charge >= 0.3 is 6.03 Å². The molecule has 0 unspecified atom stereocenters. The number of halogens is 1. The molecule has 0 fully saturated rings. The Morgan fingerprint density at radius 3 is 2.47 bits per heavy atom. The van der Waals surface area contributed by atoms with Crippen molar-refractivity contribution in [3.8, 4) is 11.5 Å². The first-order valence-corrected chi connectivity index (χ1v) is 9.84. The highest BCUT2D eigenvalue weighted by Crippen LogP contribution is 2.35. The molecule has 3 aromatic rings. The Labute approximate surface area is 181 Å². The third kappa shape index (κ3) is 5.37. The molecule has 3 amide bonds. The first kappa shape index (κ1) is 21.3. The van der Waals surface area contributed by atoms with Crippen LogP contribution in [0.4, 0.5) is 16.2 Å². The van der Waals surface area contributed by atoms with E-state index in [-0.39, 0.29) is 17.5 Å². The highest BCUT2D eigenvalue weighted by molar-refractivity contribution is 7.13. The van der Waals surface area contributed by atoms with E-state index >= 15 is 0 Å². The molecule has 0 aliphatic heterocycles. The third-order valence-electron chi connectivity index (χ3n) is 3.82. The van der Waals surface area contributed by atoms with E-state index in [4.69, 9.17) is 21.1 Å². The summed E-state index contributed by atoms with van der Waals surface area (Å²) in [4.78, 5) is 24.4. The lowest BCUT2D eigenvalue weighted by atomic mass is 10.2. The van der Waals surface area contributed by atoms with Crippen molar-refractivity contribution < 1.29 is 19.1 Å². The zero-order valence-corrected chi connectivity index (χ0v) is 17.6. The highest BCUT2D eigenvalue weighted by Gasteiger charge is 2.15. The molecule has 0 aliphatic rings. The van der Waals surface area contributed by atoms with Crippen LogP contribution in [0.3, 0.4) is 0 Å². The summed E-state index contributed by atoms with van der Waals surface area (Å²) in [7, 11) is 2.95. The first-order chi connectivity index (χ1) is 14.5. The van der Waals surface area contributed by atoms with Crippen molar-refractivity contribution in [2.75, 3.05) is 24.9 Å². The molecule has 30 heavy (non-hydrogen) atoms. The van der Waals surface area contributed by atoms with Crippen LogP contribution in [0.2, 0.25) is 5.02 Å². The molecule has 0 saturated heterocycles. The fraction of sp³-hybridized carbons (Fsp3) is 0.158. The predicted octanol–water partition coefficient (Wildman–Crippen LogP) is 3.78. The van der Waals surface area contributed by atoms with E-state index < -0.39 is 6.03 Å². The van der Waals surface area contributed by atoms with Gasteiger partial charge in [-0.1, -0.05) is 41.1 Å². The zero-order chi connectivity index (χ0) is 21.5. The maximum Gasteiger partial charge on any atom is 0.319 e. The van der Waals surface area contributed by atoms with Crippen molar-refractivity contribution in [1.29, 1.82) is 0 Å². The van der Waals surface area contributed by atoms with Gasteiger partial charge in [-0.15, -0.1) is 10.2 Å². The molecule has 2 aromatic carbocycles. The lowest BCUT2D eigenvalue weighted by molar-refractivity contribution is 0.102. The van der Waals surface area contributed by atoms with Crippen LogP contribution in [-0.2, 0) is 6.54 Å². The number of anilines is 2. The number of hydrogen-bond acceptors (Lipinski definition) is 7. The van der Waals surface area contributed by atoms with E-state index in [0.29, 0.717) is 32.9 Å². The second kappa shape index (κ2) is 9.90. The fourth-order valence-corrected chi connectivity index (χ4v) is 3.32. The molecule has 0 atom stereocenters. The number of benzene rings is 2. The third-order valence-corrected chi connectivity index (χ3v) is 5.03. The highest BCUT2D eigenvalue weighted by atomic mass is 35.5. The van der Waals surface area contributed by atoms with Crippen LogP contribution in [0, 0.1) is 0 Å². The van der Waals surface area contributed by atoms with Gasteiger partial charge < -0.3 is 25.4 Å². The summed E-state index contributed by atoms with van der Waals surface area (Å²) in [5.74, 6) is 0.448. The number of rotatable bonds is 7. The van der Waals surface area contributed by atoms with Crippen LogP contribution >= 0.6 is 22.9 Å². The molecule has 9 nitrogen and oxygen atoms in total. The Bertz CT molecular complexity index is 1040. The average Bonchev–Trinajstić information content (AvgIpc) is 3.22. The molecule has 156 valence electrons. The molecule has 0 aliphatic carbocycles. The Hall–Kier alpha value is -3.37. The van der Waals surface area contributed by atoms with Crippen LogP contribution in [0.5, 0.6) is 11.5 Å². The van der Waals surface area contributed by atoms with E-state index in [1.54, 1.807) is 18.2 Å². The molecule has 11 heteroatoms. The smallest absolute Gasteiger partial charge is 0.319 e. The minimum absolute atomic E-state index is 0.0916. The van der Waals surface area contributed by atoms with Crippen molar-refractivity contribution in [3.63, 3.8) is 0 Å². The van der Waals surface area contributed by atoms with Crippen LogP contribution in [0.15, 0.2) is 42.5 Å². The molecule has 1 aromatic heterocycles. The number of carbonyl (C=O) groups excluding carboxylic acids is 2. The molecule has 3 N–H and O–H groups in total. The molecule has 3 rings (SSSR count). The average molecular weight is 448 g/mol. The van der Waals surface area contributed by atoms with Crippen molar-refractivity contribution in [3.05, 3.63) is 57.5 Å². The number of nitrogens with one attached hydrogen (secondary N) is 3. The van der Waals surface area contributed by atoms with Gasteiger partial charge in [0.25, 0.3) is 5.91 Å². The second-order valence-electron chi connectivity index (χ2n) is 5.82. The minimum Gasteiger partial charge on any atom is -0.495 e. The Kier molecular flexibility index (Phi) is 7.04. The number of urea groups is 1. The summed E-state index contributed by atoms with van der Waals surface area (Å²) >= 11 is 7.18. The SMILES string of the molecule is COc1cc(OC)c(NC(=O)NCc2nnc(C(=O)Nc3ccccc3)s2)cc1Cl. The fourth-order valence-electron chi connectivity index (χ4n) is 2.40. The summed E-state index contributed by atoms with van der Waals surface area (Å²) in [6, 6.07) is 11.6. The van der Waals surface area contributed by atoms with Gasteiger partial charge in [-0.25, -0.2) is 4.79 Å². The molecule has 1 heterocycles. The number of methoxy groups -OCH3 is 2. The largest absolute Gasteiger partial charge is 0.495 e. The summed E-state index contributed by atoms with van der Waals surface area (Å²) in [6.07, 6.45) is 0. The van der Waals surface area contributed by atoms with E-state index in [1.807, 2.05) is 18.2 Å². The summed E-state index contributed by atoms with van der Waals surface area (Å²) in [5, 5.41) is 16.8. The topological polar surface area (TPSA) is 114 Å². The first-order valence-electron chi connectivity index (χ1n) is 8.65. The number of carbonyl (C=O) groups is 2. The van der Waals surface area contributed by atoms with Gasteiger partial charge in [-0.2, -0.15) is 0 Å². The van der Waals surface area contributed by atoms with Gasteiger partial charge in [0.05, 0.1) is 31.5 Å². The molecule has 0 saturated carbocycles. The van der Waals surface area contributed by atoms with Crippen molar-refractivity contribution >= 4 is 46.3 Å². The summed E-state index contributed by atoms with van der Waals surface area (Å²) < 4.78 is 10.4. The molecule has 0 radical (unpaired) electrons. The lowest BCUT2D eigenvalue weighted by Crippen LogP contribution is -2.28. The quantitative estimate of drug-likeness (QED) is 0.507. The summed E-state index contributed by atoms with van der Waals surface area (Å²) in [5.41, 5.74) is 1.03. The van der Waals surface area contributed by atoms with E-state index in [1.165, 1.54) is 20.3 Å². The summed E-state index contributed by atoms with van der Waals surface area (Å²) in [6.45, 7) is 0.0916. The van der Waals surface area contributed by atoms with Crippen LogP contribution < -0.4 is 25.4 Å². The van der Waals surface area contributed by atoms with Gasteiger partial charge in [0.2, 0.25) is 5.01 Å². The maximum atomic E-state index is 12.2. The Morgan fingerprint density at radius 2 is 1.77 bits per heavy atom. The maximum absolute atomic E-state index is 12.2. The standard InChI is InChI=1S/C19H18ClN5O4S/c1-28-14-9-15(29-2)13(8-12(14)20)23-19(27)21-10-16-24-25-18(30-16)17(26)22-11-6-4-3-5-7-11/h3-9H,10H2,1-2H3,(H,22,26)(H2,21,23,27). The van der Waals surface area contributed by atoms with Crippen LogP contribution in [0.25, 0.3) is 0 Å². The number of nitrogens with zero attached hydrogens (tertiary/aromatic N) is 2. The zero-order valence-electron chi connectivity index (χ0n) is 16.1. The van der Waals surface area contributed by atoms with E-state index in [9.17, 15) is 9.59 Å². The second-order valence-corrected chi connectivity index (χ2v) is 7.29.